The first kappa shape index (κ1) is 20.6. The molecule has 0 saturated carbocycles. The van der Waals surface area contributed by atoms with Gasteiger partial charge in [0.25, 0.3) is 0 Å². The Bertz CT molecular complexity index is 1090. The van der Waals surface area contributed by atoms with Gasteiger partial charge in [-0.3, -0.25) is 4.98 Å². The van der Waals surface area contributed by atoms with Crippen LogP contribution >= 0.6 is 69.6 Å². The van der Waals surface area contributed by atoms with E-state index >= 15 is 0 Å². The van der Waals surface area contributed by atoms with Gasteiger partial charge in [-0.05, 0) is 18.2 Å². The van der Waals surface area contributed by atoms with Gasteiger partial charge in [-0.25, -0.2) is 0 Å². The van der Waals surface area contributed by atoms with Gasteiger partial charge in [-0.15, -0.1) is 0 Å². The van der Waals surface area contributed by atoms with Gasteiger partial charge in [0.05, 0.1) is 48.3 Å². The molecule has 8 heteroatoms. The highest BCUT2D eigenvalue weighted by Crippen LogP contribution is 2.42. The van der Waals surface area contributed by atoms with Crippen LogP contribution in [0.4, 0.5) is 0 Å². The Labute approximate surface area is 186 Å². The van der Waals surface area contributed by atoms with E-state index in [9.17, 15) is 0 Å². The highest BCUT2D eigenvalue weighted by molar-refractivity contribution is 6.50. The minimum Gasteiger partial charge on any atom is -0.259 e. The second kappa shape index (κ2) is 8.45. The van der Waals surface area contributed by atoms with Crippen LogP contribution in [0.1, 0.15) is 5.69 Å². The number of hydrogen-bond acceptors (Lipinski definition) is 2. The van der Waals surface area contributed by atoms with Crippen molar-refractivity contribution >= 4 is 69.6 Å². The maximum absolute atomic E-state index is 9.13. The minimum absolute atomic E-state index is 0.0985. The molecule has 3 rings (SSSR count). The fraction of sp³-hybridized carbons (Fsp3) is 0.0526. The molecule has 0 atom stereocenters. The van der Waals surface area contributed by atoms with E-state index in [0.717, 1.165) is 0 Å². The summed E-state index contributed by atoms with van der Waals surface area (Å²) in [6, 6.07) is 10.7. The Morgan fingerprint density at radius 3 is 1.89 bits per heavy atom. The molecule has 2 nitrogen and oxygen atoms in total. The van der Waals surface area contributed by atoms with E-state index in [1.807, 2.05) is 6.07 Å². The summed E-state index contributed by atoms with van der Waals surface area (Å²) in [4.78, 5) is 4.42. The molecule has 136 valence electrons. The van der Waals surface area contributed by atoms with Crippen LogP contribution in [0.15, 0.2) is 36.5 Å². The molecular formula is C19H8Cl6N2. The molecule has 0 amide bonds. The van der Waals surface area contributed by atoms with Crippen LogP contribution in [-0.2, 0) is 6.42 Å². The highest BCUT2D eigenvalue weighted by atomic mass is 35.5. The Balaban J connectivity index is 2.26. The number of rotatable bonds is 3. The summed E-state index contributed by atoms with van der Waals surface area (Å²) >= 11 is 37.1. The van der Waals surface area contributed by atoms with Gasteiger partial charge in [0.2, 0.25) is 0 Å². The van der Waals surface area contributed by atoms with Crippen molar-refractivity contribution in [2.24, 2.45) is 0 Å². The first-order valence-electron chi connectivity index (χ1n) is 7.48. The molecule has 0 aliphatic rings. The van der Waals surface area contributed by atoms with Crippen LogP contribution < -0.4 is 0 Å². The lowest BCUT2D eigenvalue weighted by molar-refractivity contribution is 1.12. The zero-order valence-corrected chi connectivity index (χ0v) is 17.9. The second-order valence-corrected chi connectivity index (χ2v) is 7.83. The summed E-state index contributed by atoms with van der Waals surface area (Å²) in [6.07, 6.45) is 1.72. The monoisotopic (exact) mass is 474 g/mol. The molecule has 0 radical (unpaired) electrons. The number of halogens is 6. The lowest BCUT2D eigenvalue weighted by Crippen LogP contribution is -1.96. The van der Waals surface area contributed by atoms with Crippen molar-refractivity contribution in [2.75, 3.05) is 0 Å². The number of benzene rings is 2. The van der Waals surface area contributed by atoms with Crippen molar-refractivity contribution in [1.82, 2.24) is 4.98 Å². The van der Waals surface area contributed by atoms with E-state index in [0.29, 0.717) is 43.0 Å². The average Bonchev–Trinajstić information content (AvgIpc) is 2.65. The van der Waals surface area contributed by atoms with Gasteiger partial charge >= 0.3 is 0 Å². The Kier molecular flexibility index (Phi) is 6.43. The normalized spacial score (nSPS) is 10.7. The summed E-state index contributed by atoms with van der Waals surface area (Å²) in [5.74, 6) is 0. The molecule has 3 aromatic rings. The zero-order valence-electron chi connectivity index (χ0n) is 13.3. The molecule has 0 fully saturated rings. The summed E-state index contributed by atoms with van der Waals surface area (Å²) in [7, 11) is 0. The van der Waals surface area contributed by atoms with E-state index in [4.69, 9.17) is 74.9 Å². The van der Waals surface area contributed by atoms with Gasteiger partial charge in [0, 0.05) is 28.5 Å². The molecule has 0 bridgehead atoms. The topological polar surface area (TPSA) is 36.7 Å². The Morgan fingerprint density at radius 2 is 1.30 bits per heavy atom. The SMILES string of the molecule is N#CCc1ncc(-c2ccc(Cl)c(Cl)c2Cl)cc1-c1ccc(Cl)c(Cl)c1Cl. The van der Waals surface area contributed by atoms with Crippen molar-refractivity contribution in [2.45, 2.75) is 6.42 Å². The van der Waals surface area contributed by atoms with Crippen molar-refractivity contribution in [1.29, 1.82) is 5.26 Å². The molecule has 1 heterocycles. The lowest BCUT2D eigenvalue weighted by Gasteiger charge is -2.14. The van der Waals surface area contributed by atoms with E-state index in [2.05, 4.69) is 11.1 Å². The van der Waals surface area contributed by atoms with Crippen LogP contribution in [0.5, 0.6) is 0 Å². The van der Waals surface area contributed by atoms with Gasteiger partial charge in [-0.1, -0.05) is 81.7 Å². The van der Waals surface area contributed by atoms with E-state index in [1.54, 1.807) is 30.5 Å². The highest BCUT2D eigenvalue weighted by Gasteiger charge is 2.17. The predicted octanol–water partition coefficient (Wildman–Crippen LogP) is 8.40. The van der Waals surface area contributed by atoms with Crippen molar-refractivity contribution in [3.8, 4) is 28.3 Å². The van der Waals surface area contributed by atoms with Gasteiger partial charge < -0.3 is 0 Å². The molecule has 27 heavy (non-hydrogen) atoms. The number of nitriles is 1. The molecule has 0 spiro atoms. The lowest BCUT2D eigenvalue weighted by atomic mass is 9.98. The Hall–Kier alpha value is -1.18. The molecule has 0 aliphatic heterocycles. The molecule has 0 saturated heterocycles. The zero-order chi connectivity index (χ0) is 19.7. The largest absolute Gasteiger partial charge is 0.259 e. The number of aromatic nitrogens is 1. The fourth-order valence-electron chi connectivity index (χ4n) is 2.57. The minimum atomic E-state index is 0.0985. The molecule has 0 N–H and O–H groups in total. The second-order valence-electron chi connectivity index (χ2n) is 5.50. The van der Waals surface area contributed by atoms with Crippen molar-refractivity contribution < 1.29 is 0 Å². The van der Waals surface area contributed by atoms with Crippen molar-refractivity contribution in [3.63, 3.8) is 0 Å². The van der Waals surface area contributed by atoms with E-state index in [1.165, 1.54) is 0 Å². The smallest absolute Gasteiger partial charge is 0.0784 e. The van der Waals surface area contributed by atoms with Crippen LogP contribution in [0.2, 0.25) is 30.1 Å². The molecule has 1 aromatic heterocycles. The van der Waals surface area contributed by atoms with Gasteiger partial charge in [0.15, 0.2) is 0 Å². The Morgan fingerprint density at radius 1 is 0.741 bits per heavy atom. The first-order valence-corrected chi connectivity index (χ1v) is 9.75. The molecule has 0 unspecified atom stereocenters. The summed E-state index contributed by atoms with van der Waals surface area (Å²) < 4.78 is 0. The third-order valence-electron chi connectivity index (χ3n) is 3.89. The summed E-state index contributed by atoms with van der Waals surface area (Å²) in [5.41, 5.74) is 3.16. The number of hydrogen-bond donors (Lipinski definition) is 0. The molecule has 0 aliphatic carbocycles. The maximum Gasteiger partial charge on any atom is 0.0784 e. The predicted molar refractivity (Wildman–Crippen MR) is 114 cm³/mol. The number of pyridine rings is 1. The standard InChI is InChI=1S/C19H8Cl6N2/c20-13-3-1-10(16(22)18(13)24)9-7-12(15(5-6-26)27-8-9)11-2-4-14(21)19(25)17(11)23/h1-4,7-8H,5H2. The third-order valence-corrected chi connectivity index (χ3v) is 6.48. The van der Waals surface area contributed by atoms with Crippen LogP contribution in [0.25, 0.3) is 22.3 Å². The number of nitrogens with zero attached hydrogens (tertiary/aromatic N) is 2. The van der Waals surface area contributed by atoms with Crippen molar-refractivity contribution in [3.05, 3.63) is 72.4 Å². The first-order chi connectivity index (χ1) is 12.8. The molecular weight excluding hydrogens is 469 g/mol. The van der Waals surface area contributed by atoms with Crippen LogP contribution in [-0.4, -0.2) is 4.98 Å². The quantitative estimate of drug-likeness (QED) is 0.356. The molecule has 2 aromatic carbocycles. The van der Waals surface area contributed by atoms with Gasteiger partial charge in [0.1, 0.15) is 0 Å². The van der Waals surface area contributed by atoms with E-state index in [-0.39, 0.29) is 21.5 Å². The third kappa shape index (κ3) is 4.00. The van der Waals surface area contributed by atoms with Gasteiger partial charge in [-0.2, -0.15) is 5.26 Å². The van der Waals surface area contributed by atoms with Crippen LogP contribution in [0, 0.1) is 11.3 Å². The summed E-state index contributed by atoms with van der Waals surface area (Å²) in [6.45, 7) is 0. The van der Waals surface area contributed by atoms with Crippen LogP contribution in [0.3, 0.4) is 0 Å². The maximum atomic E-state index is 9.13. The summed E-state index contributed by atoms with van der Waals surface area (Å²) in [5, 5.41) is 10.9. The average molecular weight is 477 g/mol. The fourth-order valence-corrected chi connectivity index (χ4v) is 3.85. The van der Waals surface area contributed by atoms with E-state index < -0.39 is 0 Å².